The van der Waals surface area contributed by atoms with Gasteiger partial charge in [-0.2, -0.15) is 0 Å². The molecule has 1 aromatic carbocycles. The predicted octanol–water partition coefficient (Wildman–Crippen LogP) is 2.24. The predicted molar refractivity (Wildman–Crippen MR) is 66.6 cm³/mol. The third kappa shape index (κ3) is 2.95. The Morgan fingerprint density at radius 2 is 1.90 bits per heavy atom. The van der Waals surface area contributed by atoms with Gasteiger partial charge < -0.3 is 10.4 Å². The van der Waals surface area contributed by atoms with Gasteiger partial charge in [0, 0.05) is 13.2 Å². The van der Waals surface area contributed by atoms with Gasteiger partial charge in [0.15, 0.2) is 17.5 Å². The molecule has 0 saturated heterocycles. The highest BCUT2D eigenvalue weighted by atomic mass is 19.2. The number of benzene rings is 1. The molecule has 20 heavy (non-hydrogen) atoms. The first-order valence-electron chi connectivity index (χ1n) is 6.57. The Labute approximate surface area is 114 Å². The third-order valence-corrected chi connectivity index (χ3v) is 3.86. The molecule has 2 unspecified atom stereocenters. The minimum Gasteiger partial charge on any atom is -0.396 e. The van der Waals surface area contributed by atoms with E-state index in [2.05, 4.69) is 5.32 Å². The lowest BCUT2D eigenvalue weighted by Crippen LogP contribution is -2.32. The van der Waals surface area contributed by atoms with E-state index in [-0.39, 0.29) is 18.4 Å². The standard InChI is InChI=1S/C14H16F3NO2/c15-11-5-4-10(12(16)13(11)17)14(20)18-6-8-2-1-3-9(8)7-19/h4-5,8-9,19H,1-3,6-7H2,(H,18,20). The number of hydrogen-bond acceptors (Lipinski definition) is 2. The van der Waals surface area contributed by atoms with Crippen LogP contribution in [-0.2, 0) is 0 Å². The van der Waals surface area contributed by atoms with E-state index < -0.39 is 28.9 Å². The average Bonchev–Trinajstić information content (AvgIpc) is 2.90. The molecule has 2 rings (SSSR count). The molecule has 2 atom stereocenters. The van der Waals surface area contributed by atoms with Crippen molar-refractivity contribution in [2.75, 3.05) is 13.2 Å². The normalized spacial score (nSPS) is 22.0. The summed E-state index contributed by atoms with van der Waals surface area (Å²) >= 11 is 0. The van der Waals surface area contributed by atoms with Crippen molar-refractivity contribution in [3.63, 3.8) is 0 Å². The average molecular weight is 287 g/mol. The van der Waals surface area contributed by atoms with E-state index in [9.17, 15) is 18.0 Å². The minimum absolute atomic E-state index is 0.0556. The molecule has 1 amide bonds. The van der Waals surface area contributed by atoms with E-state index in [1.165, 1.54) is 0 Å². The summed E-state index contributed by atoms with van der Waals surface area (Å²) in [6.45, 7) is 0.350. The lowest BCUT2D eigenvalue weighted by molar-refractivity contribution is 0.0932. The second kappa shape index (κ2) is 6.26. The molecule has 6 heteroatoms. The molecule has 1 aliphatic carbocycles. The van der Waals surface area contributed by atoms with Gasteiger partial charge in [0.05, 0.1) is 5.56 Å². The van der Waals surface area contributed by atoms with Crippen molar-refractivity contribution >= 4 is 5.91 Å². The zero-order chi connectivity index (χ0) is 14.7. The van der Waals surface area contributed by atoms with Crippen LogP contribution in [0, 0.1) is 29.3 Å². The van der Waals surface area contributed by atoms with Crippen molar-refractivity contribution in [1.29, 1.82) is 0 Å². The molecule has 1 aromatic rings. The lowest BCUT2D eigenvalue weighted by atomic mass is 9.97. The van der Waals surface area contributed by atoms with E-state index in [0.29, 0.717) is 6.54 Å². The third-order valence-electron chi connectivity index (χ3n) is 3.86. The maximum absolute atomic E-state index is 13.4. The van der Waals surface area contributed by atoms with E-state index in [1.54, 1.807) is 0 Å². The Morgan fingerprint density at radius 1 is 1.20 bits per heavy atom. The summed E-state index contributed by atoms with van der Waals surface area (Å²) in [5.41, 5.74) is -0.512. The summed E-state index contributed by atoms with van der Waals surface area (Å²) in [4.78, 5) is 11.8. The highest BCUT2D eigenvalue weighted by molar-refractivity contribution is 5.94. The number of carbonyl (C=O) groups excluding carboxylic acids is 1. The Hall–Kier alpha value is -1.56. The van der Waals surface area contributed by atoms with Crippen LogP contribution in [-0.4, -0.2) is 24.2 Å². The summed E-state index contributed by atoms with van der Waals surface area (Å²) in [7, 11) is 0. The van der Waals surface area contributed by atoms with Gasteiger partial charge in [0.1, 0.15) is 0 Å². The molecule has 0 spiro atoms. The summed E-state index contributed by atoms with van der Waals surface area (Å²) < 4.78 is 39.3. The number of hydrogen-bond donors (Lipinski definition) is 2. The second-order valence-corrected chi connectivity index (χ2v) is 5.07. The molecule has 0 aromatic heterocycles. The smallest absolute Gasteiger partial charge is 0.254 e. The largest absolute Gasteiger partial charge is 0.396 e. The quantitative estimate of drug-likeness (QED) is 0.834. The van der Waals surface area contributed by atoms with Crippen molar-refractivity contribution in [3.05, 3.63) is 35.1 Å². The van der Waals surface area contributed by atoms with Crippen LogP contribution in [0.15, 0.2) is 12.1 Å². The Kier molecular flexibility index (Phi) is 4.65. The Morgan fingerprint density at radius 3 is 2.60 bits per heavy atom. The second-order valence-electron chi connectivity index (χ2n) is 5.07. The highest BCUT2D eigenvalue weighted by Crippen LogP contribution is 2.30. The van der Waals surface area contributed by atoms with E-state index in [1.807, 2.05) is 0 Å². The molecule has 2 N–H and O–H groups in total. The first kappa shape index (κ1) is 14.8. The number of aliphatic hydroxyl groups excluding tert-OH is 1. The number of rotatable bonds is 4. The highest BCUT2D eigenvalue weighted by Gasteiger charge is 2.27. The van der Waals surface area contributed by atoms with Crippen LogP contribution < -0.4 is 5.32 Å². The van der Waals surface area contributed by atoms with Gasteiger partial charge in [0.25, 0.3) is 5.91 Å². The van der Waals surface area contributed by atoms with Gasteiger partial charge in [-0.15, -0.1) is 0 Å². The fourth-order valence-electron chi connectivity index (χ4n) is 2.64. The fraction of sp³-hybridized carbons (Fsp3) is 0.500. The van der Waals surface area contributed by atoms with Gasteiger partial charge in [-0.05, 0) is 36.8 Å². The molecule has 3 nitrogen and oxygen atoms in total. The van der Waals surface area contributed by atoms with Crippen LogP contribution in [0.4, 0.5) is 13.2 Å². The molecule has 1 aliphatic rings. The van der Waals surface area contributed by atoms with Crippen LogP contribution in [0.25, 0.3) is 0 Å². The topological polar surface area (TPSA) is 49.3 Å². The van der Waals surface area contributed by atoms with Crippen molar-refractivity contribution in [2.24, 2.45) is 11.8 Å². The van der Waals surface area contributed by atoms with Gasteiger partial charge in [-0.25, -0.2) is 13.2 Å². The van der Waals surface area contributed by atoms with Gasteiger partial charge in [-0.1, -0.05) is 6.42 Å². The number of nitrogens with one attached hydrogen (secondary N) is 1. The monoisotopic (exact) mass is 287 g/mol. The van der Waals surface area contributed by atoms with E-state index in [0.717, 1.165) is 31.4 Å². The molecular weight excluding hydrogens is 271 g/mol. The van der Waals surface area contributed by atoms with Crippen LogP contribution in [0.3, 0.4) is 0 Å². The van der Waals surface area contributed by atoms with Gasteiger partial charge in [-0.3, -0.25) is 4.79 Å². The van der Waals surface area contributed by atoms with Gasteiger partial charge >= 0.3 is 0 Å². The Balaban J connectivity index is 2.00. The number of carbonyl (C=O) groups is 1. The maximum atomic E-state index is 13.4. The van der Waals surface area contributed by atoms with Crippen LogP contribution in [0.2, 0.25) is 0 Å². The lowest BCUT2D eigenvalue weighted by Gasteiger charge is -2.17. The van der Waals surface area contributed by atoms with Crippen molar-refractivity contribution in [3.8, 4) is 0 Å². The summed E-state index contributed by atoms with van der Waals surface area (Å²) in [5.74, 6) is -4.96. The molecule has 1 fully saturated rings. The molecule has 110 valence electrons. The van der Waals surface area contributed by atoms with Crippen LogP contribution in [0.5, 0.6) is 0 Å². The van der Waals surface area contributed by atoms with Crippen molar-refractivity contribution in [1.82, 2.24) is 5.32 Å². The van der Waals surface area contributed by atoms with E-state index >= 15 is 0 Å². The summed E-state index contributed by atoms with van der Waals surface area (Å²) in [6, 6.07) is 1.64. The number of aliphatic hydroxyl groups is 1. The van der Waals surface area contributed by atoms with Gasteiger partial charge in [0.2, 0.25) is 0 Å². The van der Waals surface area contributed by atoms with Crippen LogP contribution >= 0.6 is 0 Å². The SMILES string of the molecule is O=C(NCC1CCCC1CO)c1ccc(F)c(F)c1F. The molecule has 0 bridgehead atoms. The van der Waals surface area contributed by atoms with E-state index in [4.69, 9.17) is 5.11 Å². The first-order valence-corrected chi connectivity index (χ1v) is 6.57. The molecular formula is C14H16F3NO2. The first-order chi connectivity index (χ1) is 9.54. The number of halogens is 3. The maximum Gasteiger partial charge on any atom is 0.254 e. The molecule has 0 aliphatic heterocycles. The van der Waals surface area contributed by atoms with Crippen LogP contribution in [0.1, 0.15) is 29.6 Å². The molecule has 0 radical (unpaired) electrons. The minimum atomic E-state index is -1.65. The Bertz CT molecular complexity index is 507. The fourth-order valence-corrected chi connectivity index (χ4v) is 2.64. The molecule has 1 saturated carbocycles. The summed E-state index contributed by atoms with van der Waals surface area (Å²) in [6.07, 6.45) is 2.76. The zero-order valence-electron chi connectivity index (χ0n) is 10.8. The van der Waals surface area contributed by atoms with Crippen molar-refractivity contribution < 1.29 is 23.1 Å². The zero-order valence-corrected chi connectivity index (χ0v) is 10.8. The number of amides is 1. The summed E-state index contributed by atoms with van der Waals surface area (Å²) in [5, 5.41) is 11.7. The molecule has 0 heterocycles. The van der Waals surface area contributed by atoms with Crippen molar-refractivity contribution in [2.45, 2.75) is 19.3 Å².